The van der Waals surface area contributed by atoms with Gasteiger partial charge in [0.25, 0.3) is 0 Å². The molecule has 5 heteroatoms. The van der Waals surface area contributed by atoms with E-state index in [1.165, 1.54) is 0 Å². The normalized spacial score (nSPS) is 11.0. The van der Waals surface area contributed by atoms with Gasteiger partial charge in [-0.3, -0.25) is 9.52 Å². The van der Waals surface area contributed by atoms with Crippen LogP contribution in [0, 0.1) is 0 Å². The van der Waals surface area contributed by atoms with Gasteiger partial charge in [-0.15, -0.1) is 0 Å². The minimum atomic E-state index is -3.55. The van der Waals surface area contributed by atoms with Crippen LogP contribution in [0.3, 0.4) is 0 Å². The maximum absolute atomic E-state index is 11.4. The van der Waals surface area contributed by atoms with Gasteiger partial charge in [0, 0.05) is 6.42 Å². The third-order valence-electron chi connectivity index (χ3n) is 1.79. The molecule has 0 aliphatic rings. The lowest BCUT2D eigenvalue weighted by atomic mass is 10.2. The second-order valence-electron chi connectivity index (χ2n) is 3.12. The fourth-order valence-electron chi connectivity index (χ4n) is 1.08. The lowest BCUT2D eigenvalue weighted by molar-refractivity contribution is -0.119. The van der Waals surface area contributed by atoms with Crippen LogP contribution in [-0.2, 0) is 20.6 Å². The summed E-state index contributed by atoms with van der Waals surface area (Å²) in [6.07, 6.45) is 0.161. The Morgan fingerprint density at radius 1 is 1.27 bits per heavy atom. The summed E-state index contributed by atoms with van der Waals surface area (Å²) >= 11 is 0. The highest BCUT2D eigenvalue weighted by molar-refractivity contribution is 7.89. The molecule has 0 fully saturated rings. The van der Waals surface area contributed by atoms with Crippen molar-refractivity contribution in [1.82, 2.24) is 4.72 Å². The average Bonchev–Trinajstić information content (AvgIpc) is 2.17. The summed E-state index contributed by atoms with van der Waals surface area (Å²) in [6.45, 7) is 1.60. The predicted molar refractivity (Wildman–Crippen MR) is 57.5 cm³/mol. The zero-order valence-electron chi connectivity index (χ0n) is 8.43. The lowest BCUT2D eigenvalue weighted by Gasteiger charge is -2.05. The van der Waals surface area contributed by atoms with Crippen molar-refractivity contribution in [3.8, 4) is 0 Å². The van der Waals surface area contributed by atoms with Crippen molar-refractivity contribution in [2.45, 2.75) is 19.1 Å². The molecule has 0 unspecified atom stereocenters. The first kappa shape index (κ1) is 11.7. The fraction of sp³-hybridized carbons (Fsp3) is 0.300. The van der Waals surface area contributed by atoms with Crippen LogP contribution in [-0.4, -0.2) is 14.3 Å². The smallest absolute Gasteiger partial charge is 0.239 e. The van der Waals surface area contributed by atoms with Crippen molar-refractivity contribution in [1.29, 1.82) is 0 Å². The molecule has 1 N–H and O–H groups in total. The van der Waals surface area contributed by atoms with E-state index in [4.69, 9.17) is 0 Å². The zero-order chi connectivity index (χ0) is 11.3. The molecule has 0 atom stereocenters. The molecule has 1 aromatic rings. The zero-order valence-corrected chi connectivity index (χ0v) is 9.25. The Labute approximate surface area is 89.4 Å². The Kier molecular flexibility index (Phi) is 3.85. The number of hydrogen-bond acceptors (Lipinski definition) is 3. The largest absolute Gasteiger partial charge is 0.274 e. The number of nitrogens with one attached hydrogen (secondary N) is 1. The average molecular weight is 227 g/mol. The van der Waals surface area contributed by atoms with Gasteiger partial charge in [0.2, 0.25) is 15.9 Å². The Balaban J connectivity index is 2.69. The maximum Gasteiger partial charge on any atom is 0.239 e. The molecule has 82 valence electrons. The summed E-state index contributed by atoms with van der Waals surface area (Å²) in [5, 5.41) is 0. The second-order valence-corrected chi connectivity index (χ2v) is 4.85. The first-order chi connectivity index (χ1) is 7.03. The molecule has 0 aromatic heterocycles. The quantitative estimate of drug-likeness (QED) is 0.836. The minimum Gasteiger partial charge on any atom is -0.274 e. The van der Waals surface area contributed by atoms with Crippen molar-refractivity contribution >= 4 is 15.9 Å². The van der Waals surface area contributed by atoms with E-state index in [1.807, 2.05) is 4.72 Å². The molecule has 0 spiro atoms. The van der Waals surface area contributed by atoms with Gasteiger partial charge in [0.1, 0.15) is 0 Å². The molecular formula is C10H13NO3S. The topological polar surface area (TPSA) is 63.2 Å². The van der Waals surface area contributed by atoms with Gasteiger partial charge in [-0.25, -0.2) is 8.42 Å². The van der Waals surface area contributed by atoms with E-state index in [0.717, 1.165) is 0 Å². The molecule has 4 nitrogen and oxygen atoms in total. The number of carbonyl (C=O) groups is 1. The Bertz CT molecular complexity index is 425. The summed E-state index contributed by atoms with van der Waals surface area (Å²) in [4.78, 5) is 10.9. The van der Waals surface area contributed by atoms with E-state index in [-0.39, 0.29) is 12.2 Å². The lowest BCUT2D eigenvalue weighted by Crippen LogP contribution is -2.30. The van der Waals surface area contributed by atoms with Gasteiger partial charge < -0.3 is 0 Å². The van der Waals surface area contributed by atoms with Crippen LogP contribution in [0.5, 0.6) is 0 Å². The van der Waals surface area contributed by atoms with Crippen LogP contribution in [0.4, 0.5) is 0 Å². The summed E-state index contributed by atoms with van der Waals surface area (Å²) in [7, 11) is -3.55. The molecular weight excluding hydrogens is 214 g/mol. The molecule has 0 bridgehead atoms. The van der Waals surface area contributed by atoms with Gasteiger partial charge in [-0.05, 0) is 5.56 Å². The molecule has 0 aliphatic carbocycles. The van der Waals surface area contributed by atoms with Gasteiger partial charge >= 0.3 is 0 Å². The van der Waals surface area contributed by atoms with E-state index in [2.05, 4.69) is 0 Å². The fourth-order valence-corrected chi connectivity index (χ4v) is 2.27. The van der Waals surface area contributed by atoms with Crippen LogP contribution in [0.25, 0.3) is 0 Å². The Hall–Kier alpha value is -1.36. The van der Waals surface area contributed by atoms with Crippen molar-refractivity contribution in [2.24, 2.45) is 0 Å². The molecule has 0 radical (unpaired) electrons. The number of rotatable bonds is 4. The third-order valence-corrected chi connectivity index (χ3v) is 3.04. The van der Waals surface area contributed by atoms with Crippen LogP contribution in [0.15, 0.2) is 30.3 Å². The molecule has 0 saturated heterocycles. The van der Waals surface area contributed by atoms with Crippen molar-refractivity contribution in [2.75, 3.05) is 0 Å². The monoisotopic (exact) mass is 227 g/mol. The van der Waals surface area contributed by atoms with E-state index in [9.17, 15) is 13.2 Å². The highest BCUT2D eigenvalue weighted by Gasteiger charge is 2.13. The van der Waals surface area contributed by atoms with Crippen molar-refractivity contribution < 1.29 is 13.2 Å². The van der Waals surface area contributed by atoms with E-state index in [0.29, 0.717) is 5.56 Å². The van der Waals surface area contributed by atoms with Gasteiger partial charge in [0.05, 0.1) is 5.75 Å². The SMILES string of the molecule is CCC(=O)NS(=O)(=O)Cc1ccccc1. The summed E-state index contributed by atoms with van der Waals surface area (Å²) in [6, 6.07) is 8.73. The van der Waals surface area contributed by atoms with E-state index < -0.39 is 15.9 Å². The van der Waals surface area contributed by atoms with Gasteiger partial charge in [-0.2, -0.15) is 0 Å². The molecule has 15 heavy (non-hydrogen) atoms. The van der Waals surface area contributed by atoms with Crippen LogP contribution in [0.1, 0.15) is 18.9 Å². The number of carbonyl (C=O) groups excluding carboxylic acids is 1. The van der Waals surface area contributed by atoms with Crippen LogP contribution in [0.2, 0.25) is 0 Å². The second kappa shape index (κ2) is 4.93. The van der Waals surface area contributed by atoms with E-state index >= 15 is 0 Å². The number of sulfonamides is 1. The van der Waals surface area contributed by atoms with Crippen molar-refractivity contribution in [3.05, 3.63) is 35.9 Å². The molecule has 0 saturated carbocycles. The molecule has 1 rings (SSSR count). The molecule has 1 amide bonds. The number of hydrogen-bond donors (Lipinski definition) is 1. The minimum absolute atomic E-state index is 0.161. The van der Waals surface area contributed by atoms with Crippen LogP contribution < -0.4 is 4.72 Å². The number of benzene rings is 1. The van der Waals surface area contributed by atoms with Gasteiger partial charge in [-0.1, -0.05) is 37.3 Å². The molecule has 0 aliphatic heterocycles. The first-order valence-electron chi connectivity index (χ1n) is 4.61. The highest BCUT2D eigenvalue weighted by atomic mass is 32.2. The molecule has 1 aromatic carbocycles. The summed E-state index contributed by atoms with van der Waals surface area (Å²) in [5.74, 6) is -0.648. The van der Waals surface area contributed by atoms with Crippen molar-refractivity contribution in [3.63, 3.8) is 0 Å². The first-order valence-corrected chi connectivity index (χ1v) is 6.26. The van der Waals surface area contributed by atoms with E-state index in [1.54, 1.807) is 37.3 Å². The Morgan fingerprint density at radius 3 is 2.40 bits per heavy atom. The molecule has 0 heterocycles. The van der Waals surface area contributed by atoms with Crippen LogP contribution >= 0.6 is 0 Å². The Morgan fingerprint density at radius 2 is 1.87 bits per heavy atom. The predicted octanol–water partition coefficient (Wildman–Crippen LogP) is 1.04. The summed E-state index contributed by atoms with van der Waals surface area (Å²) in [5.41, 5.74) is 0.661. The maximum atomic E-state index is 11.4. The number of amides is 1. The highest BCUT2D eigenvalue weighted by Crippen LogP contribution is 2.03. The standard InChI is InChI=1S/C10H13NO3S/c1-2-10(12)11-15(13,14)8-9-6-4-3-5-7-9/h3-7H,2,8H2,1H3,(H,11,12). The van der Waals surface area contributed by atoms with Gasteiger partial charge in [0.15, 0.2) is 0 Å². The third kappa shape index (κ3) is 4.12. The summed E-state index contributed by atoms with van der Waals surface area (Å²) < 4.78 is 24.9.